The number of fused-ring (bicyclic) bond motifs is 1. The number of aromatic hydroxyl groups is 1. The summed E-state index contributed by atoms with van der Waals surface area (Å²) in [5, 5.41) is 14.7. The van der Waals surface area contributed by atoms with E-state index in [1.54, 1.807) is 28.8 Å². The highest BCUT2D eigenvalue weighted by Gasteiger charge is 2.29. The number of aromatic nitrogens is 2. The van der Waals surface area contributed by atoms with Crippen molar-refractivity contribution in [2.45, 2.75) is 19.8 Å². The number of phenols is 1. The molecule has 1 N–H and O–H groups in total. The van der Waals surface area contributed by atoms with Gasteiger partial charge in [0.15, 0.2) is 5.69 Å². The topological polar surface area (TPSA) is 58.4 Å². The Bertz CT molecular complexity index is 724. The number of hydrogen-bond donors (Lipinski definition) is 1. The van der Waals surface area contributed by atoms with Crippen LogP contribution in [0.25, 0.3) is 0 Å². The lowest BCUT2D eigenvalue weighted by Crippen LogP contribution is -2.36. The fourth-order valence-corrected chi connectivity index (χ4v) is 2.92. The Kier molecular flexibility index (Phi) is 3.37. The molecule has 1 aromatic carbocycles. The number of halogens is 1. The number of phenolic OH excluding ortho intramolecular Hbond substituents is 1. The van der Waals surface area contributed by atoms with Gasteiger partial charge < -0.3 is 10.0 Å². The van der Waals surface area contributed by atoms with Gasteiger partial charge in [-0.15, -0.1) is 0 Å². The Morgan fingerprint density at radius 2 is 2.19 bits per heavy atom. The summed E-state index contributed by atoms with van der Waals surface area (Å²) in [6, 6.07) is 5.32. The first-order valence-electron chi connectivity index (χ1n) is 6.82. The lowest BCUT2D eigenvalue weighted by molar-refractivity contribution is 0.0979. The number of anilines is 1. The number of rotatable bonds is 1. The Balaban J connectivity index is 2.06. The lowest BCUT2D eigenvalue weighted by Gasteiger charge is -2.29. The van der Waals surface area contributed by atoms with Crippen LogP contribution in [0.15, 0.2) is 18.2 Å². The number of aryl methyl sites for hydroxylation is 2. The van der Waals surface area contributed by atoms with Crippen LogP contribution in [0.1, 0.15) is 28.2 Å². The second-order valence-electron chi connectivity index (χ2n) is 5.22. The molecule has 110 valence electrons. The summed E-state index contributed by atoms with van der Waals surface area (Å²) < 4.78 is 1.59. The van der Waals surface area contributed by atoms with Gasteiger partial charge in [0.05, 0.1) is 16.4 Å². The van der Waals surface area contributed by atoms with Gasteiger partial charge in [-0.3, -0.25) is 9.48 Å². The molecule has 1 aromatic heterocycles. The third-order valence-corrected chi connectivity index (χ3v) is 4.36. The van der Waals surface area contributed by atoms with Crippen molar-refractivity contribution in [1.29, 1.82) is 0 Å². The average molecular weight is 306 g/mol. The van der Waals surface area contributed by atoms with Crippen LogP contribution in [-0.4, -0.2) is 27.3 Å². The van der Waals surface area contributed by atoms with Gasteiger partial charge in [-0.05, 0) is 31.4 Å². The first-order chi connectivity index (χ1) is 10.0. The van der Waals surface area contributed by atoms with Crippen LogP contribution in [0.5, 0.6) is 5.75 Å². The van der Waals surface area contributed by atoms with E-state index in [9.17, 15) is 9.90 Å². The summed E-state index contributed by atoms with van der Waals surface area (Å²) in [5.41, 5.74) is 2.52. The zero-order valence-electron chi connectivity index (χ0n) is 11.9. The van der Waals surface area contributed by atoms with Crippen LogP contribution >= 0.6 is 11.6 Å². The minimum Gasteiger partial charge on any atom is -0.506 e. The van der Waals surface area contributed by atoms with Crippen LogP contribution in [0.4, 0.5) is 5.69 Å². The molecule has 1 aliphatic rings. The van der Waals surface area contributed by atoms with Gasteiger partial charge in [-0.1, -0.05) is 23.7 Å². The molecule has 6 heteroatoms. The normalized spacial score (nSPS) is 14.1. The number of amides is 1. The van der Waals surface area contributed by atoms with E-state index in [-0.39, 0.29) is 17.4 Å². The number of hydrogen-bond acceptors (Lipinski definition) is 3. The van der Waals surface area contributed by atoms with Crippen molar-refractivity contribution in [3.05, 3.63) is 40.2 Å². The molecule has 0 saturated heterocycles. The maximum Gasteiger partial charge on any atom is 0.280 e. The molecule has 0 fully saturated rings. The van der Waals surface area contributed by atoms with Crippen molar-refractivity contribution >= 4 is 23.2 Å². The van der Waals surface area contributed by atoms with E-state index in [0.29, 0.717) is 17.3 Å². The zero-order chi connectivity index (χ0) is 15.1. The maximum absolute atomic E-state index is 12.8. The van der Waals surface area contributed by atoms with Crippen LogP contribution in [0.2, 0.25) is 5.02 Å². The number of benzene rings is 1. The largest absolute Gasteiger partial charge is 0.506 e. The second kappa shape index (κ2) is 5.07. The number of nitrogens with zero attached hydrogens (tertiary/aromatic N) is 3. The standard InChI is InChI=1S/C15H16ClN3O2/c1-9-12(16)13(17-18(9)2)15(21)19-8-4-6-10-5-3-7-11(20)14(10)19/h3,5,7,20H,4,6,8H2,1-2H3. The molecule has 0 atom stereocenters. The van der Waals surface area contributed by atoms with E-state index < -0.39 is 0 Å². The van der Waals surface area contributed by atoms with Crippen molar-refractivity contribution in [2.75, 3.05) is 11.4 Å². The Hall–Kier alpha value is -2.01. The van der Waals surface area contributed by atoms with Crippen LogP contribution < -0.4 is 4.90 Å². The molecular formula is C15H16ClN3O2. The molecule has 2 heterocycles. The number of para-hydroxylation sites is 1. The molecule has 0 saturated carbocycles. The smallest absolute Gasteiger partial charge is 0.280 e. The molecule has 0 spiro atoms. The van der Waals surface area contributed by atoms with Crippen molar-refractivity contribution in [3.63, 3.8) is 0 Å². The molecule has 0 unspecified atom stereocenters. The SMILES string of the molecule is Cc1c(Cl)c(C(=O)N2CCCc3cccc(O)c32)nn1C. The molecule has 5 nitrogen and oxygen atoms in total. The molecule has 0 aliphatic carbocycles. The minimum atomic E-state index is -0.272. The fraction of sp³-hybridized carbons (Fsp3) is 0.333. The molecule has 1 aliphatic heterocycles. The van der Waals surface area contributed by atoms with Gasteiger partial charge in [0.2, 0.25) is 0 Å². The molecular weight excluding hydrogens is 290 g/mol. The lowest BCUT2D eigenvalue weighted by atomic mass is 10.0. The van der Waals surface area contributed by atoms with E-state index in [1.807, 2.05) is 13.0 Å². The number of carbonyl (C=O) groups excluding carboxylic acids is 1. The quantitative estimate of drug-likeness (QED) is 0.881. The fourth-order valence-electron chi connectivity index (χ4n) is 2.68. The van der Waals surface area contributed by atoms with Gasteiger partial charge >= 0.3 is 0 Å². The van der Waals surface area contributed by atoms with E-state index in [2.05, 4.69) is 5.10 Å². The molecule has 2 aromatic rings. The predicted molar refractivity (Wildman–Crippen MR) is 81.1 cm³/mol. The van der Waals surface area contributed by atoms with E-state index >= 15 is 0 Å². The van der Waals surface area contributed by atoms with E-state index in [1.165, 1.54) is 0 Å². The summed E-state index contributed by atoms with van der Waals surface area (Å²) in [5.74, 6) is -0.157. The van der Waals surface area contributed by atoms with Crippen molar-refractivity contribution in [3.8, 4) is 5.75 Å². The van der Waals surface area contributed by atoms with Crippen LogP contribution in [0.3, 0.4) is 0 Å². The van der Waals surface area contributed by atoms with Gasteiger partial charge in [-0.25, -0.2) is 0 Å². The number of carbonyl (C=O) groups is 1. The van der Waals surface area contributed by atoms with Gasteiger partial charge in [0.25, 0.3) is 5.91 Å². The molecule has 3 rings (SSSR count). The van der Waals surface area contributed by atoms with Crippen molar-refractivity contribution in [2.24, 2.45) is 7.05 Å². The summed E-state index contributed by atoms with van der Waals surface area (Å²) in [6.45, 7) is 2.36. The maximum atomic E-state index is 12.8. The third kappa shape index (κ3) is 2.17. The highest BCUT2D eigenvalue weighted by Crippen LogP contribution is 2.36. The van der Waals surface area contributed by atoms with Crippen molar-refractivity contribution in [1.82, 2.24) is 9.78 Å². The van der Waals surface area contributed by atoms with Crippen molar-refractivity contribution < 1.29 is 9.90 Å². The molecule has 0 radical (unpaired) electrons. The highest BCUT2D eigenvalue weighted by atomic mass is 35.5. The summed E-state index contributed by atoms with van der Waals surface area (Å²) in [4.78, 5) is 14.3. The summed E-state index contributed by atoms with van der Waals surface area (Å²) >= 11 is 6.20. The van der Waals surface area contributed by atoms with E-state index in [0.717, 1.165) is 24.1 Å². The predicted octanol–water partition coefficient (Wildman–Crippen LogP) is 2.68. The Morgan fingerprint density at radius 1 is 1.43 bits per heavy atom. The molecule has 1 amide bonds. The second-order valence-corrected chi connectivity index (χ2v) is 5.59. The van der Waals surface area contributed by atoms with Gasteiger partial charge in [0.1, 0.15) is 5.75 Å². The highest BCUT2D eigenvalue weighted by molar-refractivity contribution is 6.34. The first kappa shape index (κ1) is 13.9. The molecule has 21 heavy (non-hydrogen) atoms. The molecule has 0 bridgehead atoms. The van der Waals surface area contributed by atoms with Crippen LogP contribution in [-0.2, 0) is 13.5 Å². The summed E-state index contributed by atoms with van der Waals surface area (Å²) in [7, 11) is 1.75. The average Bonchev–Trinajstić information content (AvgIpc) is 2.74. The van der Waals surface area contributed by atoms with E-state index in [4.69, 9.17) is 11.6 Å². The Labute approximate surface area is 127 Å². The zero-order valence-corrected chi connectivity index (χ0v) is 12.7. The summed E-state index contributed by atoms with van der Waals surface area (Å²) in [6.07, 6.45) is 1.70. The first-order valence-corrected chi connectivity index (χ1v) is 7.20. The monoisotopic (exact) mass is 305 g/mol. The third-order valence-electron chi connectivity index (χ3n) is 3.90. The minimum absolute atomic E-state index is 0.115. The van der Waals surface area contributed by atoms with Gasteiger partial charge in [-0.2, -0.15) is 5.10 Å². The van der Waals surface area contributed by atoms with Gasteiger partial charge in [0, 0.05) is 13.6 Å². The Morgan fingerprint density at radius 3 is 2.86 bits per heavy atom. The van der Waals surface area contributed by atoms with Crippen LogP contribution in [0, 0.1) is 6.92 Å².